The van der Waals surface area contributed by atoms with Crippen LogP contribution in [0.15, 0.2) is 54.7 Å². The van der Waals surface area contributed by atoms with E-state index in [1.165, 1.54) is 18.3 Å². The van der Waals surface area contributed by atoms with Crippen molar-refractivity contribution >= 4 is 17.6 Å². The van der Waals surface area contributed by atoms with Crippen molar-refractivity contribution < 1.29 is 27.8 Å². The van der Waals surface area contributed by atoms with Crippen LogP contribution in [0, 0.1) is 5.92 Å². The Morgan fingerprint density at radius 1 is 1.18 bits per heavy atom. The minimum Gasteiger partial charge on any atom is -0.493 e. The molecule has 2 aromatic carbocycles. The largest absolute Gasteiger partial charge is 0.493 e. The van der Waals surface area contributed by atoms with Gasteiger partial charge in [0.1, 0.15) is 16.7 Å². The molecule has 0 radical (unpaired) electrons. The molecular formula is C24H24ClF3N2O3. The standard InChI is InChI=1S/C24H24ClF3N2O3/c1-16(13-22(31)32)5-4-12-33-20-7-3-2-6-18(20)15-30-21(25)14-29-23(30)17-8-10-19(11-9-17)24(26,27)28/h2-3,6-11,14,16H,4-5,12-13,15H2,1H3,(H,31,32)/t16-/m1/s1. The SMILES string of the molecule is C[C@H](CCCOc1ccccc1Cn1c(Cl)cnc1-c1ccc(C(F)(F)F)cc1)CC(=O)O. The molecule has 0 aliphatic heterocycles. The fourth-order valence-electron chi connectivity index (χ4n) is 3.50. The number of imidazole rings is 1. The number of alkyl halides is 3. The van der Waals surface area contributed by atoms with E-state index >= 15 is 0 Å². The van der Waals surface area contributed by atoms with Gasteiger partial charge in [0, 0.05) is 17.5 Å². The van der Waals surface area contributed by atoms with Gasteiger partial charge >= 0.3 is 12.1 Å². The molecular weight excluding hydrogens is 457 g/mol. The topological polar surface area (TPSA) is 64.4 Å². The molecule has 176 valence electrons. The molecule has 3 aromatic rings. The smallest absolute Gasteiger partial charge is 0.416 e. The van der Waals surface area contributed by atoms with Gasteiger partial charge in [-0.05, 0) is 37.0 Å². The molecule has 1 atom stereocenters. The normalized spacial score (nSPS) is 12.5. The number of carbonyl (C=O) groups is 1. The number of aromatic nitrogens is 2. The fraction of sp³-hybridized carbons (Fsp3) is 0.333. The number of ether oxygens (including phenoxy) is 1. The zero-order valence-corrected chi connectivity index (χ0v) is 18.7. The molecule has 33 heavy (non-hydrogen) atoms. The molecule has 5 nitrogen and oxygen atoms in total. The average molecular weight is 481 g/mol. The summed E-state index contributed by atoms with van der Waals surface area (Å²) in [6.45, 7) is 2.65. The molecule has 1 heterocycles. The van der Waals surface area contributed by atoms with Crippen molar-refractivity contribution in [1.29, 1.82) is 0 Å². The number of carboxylic acids is 1. The molecule has 0 saturated carbocycles. The van der Waals surface area contributed by atoms with Gasteiger partial charge in [0.15, 0.2) is 0 Å². The van der Waals surface area contributed by atoms with E-state index in [1.807, 2.05) is 31.2 Å². The van der Waals surface area contributed by atoms with Gasteiger partial charge in [-0.25, -0.2) is 4.98 Å². The number of hydrogen-bond donors (Lipinski definition) is 1. The number of hydrogen-bond acceptors (Lipinski definition) is 3. The first-order chi connectivity index (χ1) is 15.6. The summed E-state index contributed by atoms with van der Waals surface area (Å²) in [5, 5.41) is 9.20. The lowest BCUT2D eigenvalue weighted by molar-refractivity contribution is -0.138. The maximum atomic E-state index is 12.9. The second-order valence-corrected chi connectivity index (χ2v) is 8.25. The molecule has 0 aliphatic rings. The summed E-state index contributed by atoms with van der Waals surface area (Å²) in [4.78, 5) is 15.1. The van der Waals surface area contributed by atoms with Gasteiger partial charge < -0.3 is 14.4 Å². The molecule has 0 bridgehead atoms. The van der Waals surface area contributed by atoms with Crippen molar-refractivity contribution in [2.24, 2.45) is 5.92 Å². The second kappa shape index (κ2) is 10.7. The Balaban J connectivity index is 1.72. The molecule has 0 spiro atoms. The maximum Gasteiger partial charge on any atom is 0.416 e. The van der Waals surface area contributed by atoms with Crippen LogP contribution >= 0.6 is 11.6 Å². The van der Waals surface area contributed by atoms with Crippen LogP contribution in [0.2, 0.25) is 5.15 Å². The van der Waals surface area contributed by atoms with Gasteiger partial charge in [0.2, 0.25) is 0 Å². The zero-order valence-electron chi connectivity index (χ0n) is 18.0. The van der Waals surface area contributed by atoms with Gasteiger partial charge in [0.05, 0.1) is 24.9 Å². The Morgan fingerprint density at radius 2 is 1.88 bits per heavy atom. The van der Waals surface area contributed by atoms with Crippen LogP contribution in [-0.4, -0.2) is 27.2 Å². The molecule has 0 fully saturated rings. The van der Waals surface area contributed by atoms with E-state index in [9.17, 15) is 18.0 Å². The van der Waals surface area contributed by atoms with E-state index in [-0.39, 0.29) is 12.3 Å². The van der Waals surface area contributed by atoms with Crippen molar-refractivity contribution in [2.75, 3.05) is 6.61 Å². The molecule has 0 aliphatic carbocycles. The predicted molar refractivity (Wildman–Crippen MR) is 119 cm³/mol. The van der Waals surface area contributed by atoms with E-state index in [1.54, 1.807) is 4.57 Å². The van der Waals surface area contributed by atoms with Crippen molar-refractivity contribution in [3.8, 4) is 17.1 Å². The van der Waals surface area contributed by atoms with E-state index in [2.05, 4.69) is 4.98 Å². The Morgan fingerprint density at radius 3 is 2.55 bits per heavy atom. The van der Waals surface area contributed by atoms with Crippen LogP contribution in [0.1, 0.15) is 37.3 Å². The van der Waals surface area contributed by atoms with Gasteiger partial charge in [-0.2, -0.15) is 13.2 Å². The van der Waals surface area contributed by atoms with Crippen molar-refractivity contribution in [3.05, 3.63) is 71.0 Å². The molecule has 1 N–H and O–H groups in total. The summed E-state index contributed by atoms with van der Waals surface area (Å²) in [5.74, 6) is 0.366. The Hall–Kier alpha value is -3.00. The van der Waals surface area contributed by atoms with Gasteiger partial charge in [-0.1, -0.05) is 48.9 Å². The van der Waals surface area contributed by atoms with Crippen LogP contribution in [0.4, 0.5) is 13.2 Å². The van der Waals surface area contributed by atoms with E-state index in [0.717, 1.165) is 24.1 Å². The molecule has 9 heteroatoms. The average Bonchev–Trinajstić information content (AvgIpc) is 3.11. The quantitative estimate of drug-likeness (QED) is 0.334. The highest BCUT2D eigenvalue weighted by molar-refractivity contribution is 6.29. The van der Waals surface area contributed by atoms with Crippen molar-refractivity contribution in [1.82, 2.24) is 9.55 Å². The highest BCUT2D eigenvalue weighted by Gasteiger charge is 2.30. The van der Waals surface area contributed by atoms with Gasteiger partial charge in [-0.15, -0.1) is 0 Å². The Kier molecular flexibility index (Phi) is 8.02. The number of benzene rings is 2. The van der Waals surface area contributed by atoms with Gasteiger partial charge in [-0.3, -0.25) is 4.79 Å². The maximum absolute atomic E-state index is 12.9. The first-order valence-electron chi connectivity index (χ1n) is 10.5. The van der Waals surface area contributed by atoms with Crippen LogP contribution in [-0.2, 0) is 17.5 Å². The summed E-state index contributed by atoms with van der Waals surface area (Å²) >= 11 is 6.34. The molecule has 0 saturated heterocycles. The predicted octanol–water partition coefficient (Wildman–Crippen LogP) is 6.54. The van der Waals surface area contributed by atoms with Crippen molar-refractivity contribution in [2.45, 2.75) is 38.9 Å². The minimum atomic E-state index is -4.41. The molecule has 3 rings (SSSR count). The highest BCUT2D eigenvalue weighted by Crippen LogP contribution is 2.32. The monoisotopic (exact) mass is 480 g/mol. The lowest BCUT2D eigenvalue weighted by atomic mass is 10.0. The summed E-state index contributed by atoms with van der Waals surface area (Å²) in [7, 11) is 0. The van der Waals surface area contributed by atoms with E-state index in [4.69, 9.17) is 21.4 Å². The van der Waals surface area contributed by atoms with Crippen LogP contribution in [0.25, 0.3) is 11.4 Å². The minimum absolute atomic E-state index is 0.0670. The number of carboxylic acid groups (broad SMARTS) is 1. The first kappa shape index (κ1) is 24.6. The number of para-hydroxylation sites is 1. The third-order valence-corrected chi connectivity index (χ3v) is 5.50. The lowest BCUT2D eigenvalue weighted by Gasteiger charge is -2.15. The van der Waals surface area contributed by atoms with E-state index < -0.39 is 17.7 Å². The summed E-state index contributed by atoms with van der Waals surface area (Å²) in [6.07, 6.45) is -1.37. The first-order valence-corrected chi connectivity index (χ1v) is 10.8. The van der Waals surface area contributed by atoms with Crippen LogP contribution < -0.4 is 4.74 Å². The summed E-state index contributed by atoms with van der Waals surface area (Å²) in [6, 6.07) is 12.2. The zero-order chi connectivity index (χ0) is 24.0. The second-order valence-electron chi connectivity index (χ2n) is 7.87. The number of halogens is 4. The summed E-state index contributed by atoms with van der Waals surface area (Å²) < 4.78 is 46.3. The van der Waals surface area contributed by atoms with Crippen LogP contribution in [0.5, 0.6) is 5.75 Å². The molecule has 0 unspecified atom stereocenters. The lowest BCUT2D eigenvalue weighted by Crippen LogP contribution is -2.08. The third-order valence-electron chi connectivity index (χ3n) is 5.20. The van der Waals surface area contributed by atoms with Gasteiger partial charge in [0.25, 0.3) is 0 Å². The fourth-order valence-corrected chi connectivity index (χ4v) is 3.69. The van der Waals surface area contributed by atoms with Crippen molar-refractivity contribution in [3.63, 3.8) is 0 Å². The number of rotatable bonds is 10. The molecule has 0 amide bonds. The Bertz CT molecular complexity index is 1080. The van der Waals surface area contributed by atoms with E-state index in [0.29, 0.717) is 41.9 Å². The number of nitrogens with zero attached hydrogens (tertiary/aromatic N) is 2. The Labute approximate surface area is 194 Å². The summed E-state index contributed by atoms with van der Waals surface area (Å²) in [5.41, 5.74) is 0.622. The van der Waals surface area contributed by atoms with Crippen LogP contribution in [0.3, 0.4) is 0 Å². The third kappa shape index (κ3) is 6.74. The highest BCUT2D eigenvalue weighted by atomic mass is 35.5. The molecule has 1 aromatic heterocycles. The number of aliphatic carboxylic acids is 1.